The first-order chi connectivity index (χ1) is 13.6. The average Bonchev–Trinajstić information content (AvgIpc) is 3.20. The predicted octanol–water partition coefficient (Wildman–Crippen LogP) is 2.64. The van der Waals surface area contributed by atoms with Crippen molar-refractivity contribution in [3.05, 3.63) is 29.1 Å². The van der Waals surface area contributed by atoms with Gasteiger partial charge in [-0.05, 0) is 43.0 Å². The number of amides is 2. The number of hydrogen-bond donors (Lipinski definition) is 2. The molecule has 1 saturated carbocycles. The van der Waals surface area contributed by atoms with Crippen LogP contribution >= 0.6 is 12.4 Å². The molecule has 1 saturated heterocycles. The first kappa shape index (κ1) is 22.0. The number of carbonyl (C=O) groups excluding carboxylic acids is 2. The summed E-state index contributed by atoms with van der Waals surface area (Å²) in [6.07, 6.45) is 3.99. The number of halogens is 2. The van der Waals surface area contributed by atoms with Gasteiger partial charge in [0.15, 0.2) is 0 Å². The van der Waals surface area contributed by atoms with Gasteiger partial charge in [-0.25, -0.2) is 4.39 Å². The molecule has 2 aliphatic heterocycles. The molecule has 2 heterocycles. The van der Waals surface area contributed by atoms with E-state index < -0.39 is 5.41 Å². The molecule has 0 aromatic heterocycles. The number of carbonyl (C=O) groups is 2. The number of morpholine rings is 1. The second-order valence-electron chi connectivity index (χ2n) is 8.10. The van der Waals surface area contributed by atoms with E-state index in [2.05, 4.69) is 10.6 Å². The monoisotopic (exact) mass is 425 g/mol. The SMILES string of the molecule is Cl.O=C(CC1(C(=O)Nc2ccc3c(c2F)CCNC3)CCCC1)N1CCOCC1. The minimum Gasteiger partial charge on any atom is -0.378 e. The van der Waals surface area contributed by atoms with E-state index in [9.17, 15) is 14.0 Å². The fourth-order valence-corrected chi connectivity index (χ4v) is 4.63. The zero-order valence-electron chi connectivity index (χ0n) is 16.6. The molecule has 0 unspecified atom stereocenters. The van der Waals surface area contributed by atoms with E-state index in [1.165, 1.54) is 0 Å². The van der Waals surface area contributed by atoms with Gasteiger partial charge in [-0.1, -0.05) is 18.9 Å². The Labute approximate surface area is 177 Å². The van der Waals surface area contributed by atoms with Gasteiger partial charge in [-0.3, -0.25) is 9.59 Å². The molecule has 6 nitrogen and oxygen atoms in total. The maximum Gasteiger partial charge on any atom is 0.231 e. The summed E-state index contributed by atoms with van der Waals surface area (Å²) in [5.74, 6) is -0.559. The number of nitrogens with zero attached hydrogens (tertiary/aromatic N) is 1. The summed E-state index contributed by atoms with van der Waals surface area (Å²) in [5, 5.41) is 6.05. The smallest absolute Gasteiger partial charge is 0.231 e. The van der Waals surface area contributed by atoms with E-state index in [0.29, 0.717) is 57.7 Å². The van der Waals surface area contributed by atoms with Crippen LogP contribution in [0, 0.1) is 11.2 Å². The van der Waals surface area contributed by atoms with Crippen LogP contribution in [0.4, 0.5) is 10.1 Å². The van der Waals surface area contributed by atoms with Gasteiger partial charge in [-0.15, -0.1) is 12.4 Å². The number of ether oxygens (including phenoxy) is 1. The van der Waals surface area contributed by atoms with Gasteiger partial charge < -0.3 is 20.3 Å². The van der Waals surface area contributed by atoms with Crippen LogP contribution in [0.15, 0.2) is 12.1 Å². The number of anilines is 1. The lowest BCUT2D eigenvalue weighted by Crippen LogP contribution is -2.45. The van der Waals surface area contributed by atoms with E-state index in [1.807, 2.05) is 6.07 Å². The highest BCUT2D eigenvalue weighted by Gasteiger charge is 2.44. The number of nitrogens with one attached hydrogen (secondary N) is 2. The van der Waals surface area contributed by atoms with Crippen molar-refractivity contribution in [2.75, 3.05) is 38.2 Å². The van der Waals surface area contributed by atoms with Gasteiger partial charge >= 0.3 is 0 Å². The lowest BCUT2D eigenvalue weighted by Gasteiger charge is -2.32. The Balaban J connectivity index is 0.00000240. The molecule has 8 heteroatoms. The van der Waals surface area contributed by atoms with Crippen LogP contribution in [0.25, 0.3) is 0 Å². The topological polar surface area (TPSA) is 70.7 Å². The van der Waals surface area contributed by atoms with Crippen molar-refractivity contribution in [3.63, 3.8) is 0 Å². The maximum atomic E-state index is 14.9. The highest BCUT2D eigenvalue weighted by atomic mass is 35.5. The second kappa shape index (κ2) is 9.41. The van der Waals surface area contributed by atoms with Gasteiger partial charge in [0, 0.05) is 26.1 Å². The van der Waals surface area contributed by atoms with E-state index in [1.54, 1.807) is 11.0 Å². The third kappa shape index (κ3) is 4.57. The second-order valence-corrected chi connectivity index (χ2v) is 8.10. The minimum absolute atomic E-state index is 0. The van der Waals surface area contributed by atoms with Crippen LogP contribution in [0.5, 0.6) is 0 Å². The quantitative estimate of drug-likeness (QED) is 0.778. The molecule has 1 aromatic carbocycles. The molecular weight excluding hydrogens is 397 g/mol. The molecule has 0 radical (unpaired) electrons. The molecule has 4 rings (SSSR count). The number of fused-ring (bicyclic) bond motifs is 1. The van der Waals surface area contributed by atoms with Crippen LogP contribution in [0.3, 0.4) is 0 Å². The van der Waals surface area contributed by atoms with Crippen LogP contribution < -0.4 is 10.6 Å². The Morgan fingerprint density at radius 2 is 1.93 bits per heavy atom. The fourth-order valence-electron chi connectivity index (χ4n) is 4.63. The molecule has 1 aromatic rings. The lowest BCUT2D eigenvalue weighted by atomic mass is 9.81. The third-order valence-corrected chi connectivity index (χ3v) is 6.35. The Kier molecular flexibility index (Phi) is 7.14. The first-order valence-electron chi connectivity index (χ1n) is 10.3. The molecule has 0 spiro atoms. The van der Waals surface area contributed by atoms with Crippen LogP contribution in [0.1, 0.15) is 43.2 Å². The van der Waals surface area contributed by atoms with Crippen molar-refractivity contribution in [1.82, 2.24) is 10.2 Å². The van der Waals surface area contributed by atoms with E-state index >= 15 is 0 Å². The van der Waals surface area contributed by atoms with E-state index in [-0.39, 0.29) is 42.1 Å². The average molecular weight is 426 g/mol. The molecule has 1 aliphatic carbocycles. The molecular formula is C21H29ClFN3O3. The third-order valence-electron chi connectivity index (χ3n) is 6.35. The molecule has 3 aliphatic rings. The van der Waals surface area contributed by atoms with Crippen LogP contribution in [-0.2, 0) is 27.3 Å². The molecule has 160 valence electrons. The Hall–Kier alpha value is -1.70. The van der Waals surface area contributed by atoms with Gasteiger partial charge in [-0.2, -0.15) is 0 Å². The van der Waals surface area contributed by atoms with Crippen molar-refractivity contribution in [2.24, 2.45) is 5.41 Å². The number of hydrogen-bond acceptors (Lipinski definition) is 4. The summed E-state index contributed by atoms with van der Waals surface area (Å²) < 4.78 is 20.3. The maximum absolute atomic E-state index is 14.9. The Morgan fingerprint density at radius 1 is 1.21 bits per heavy atom. The zero-order chi connectivity index (χ0) is 19.6. The van der Waals surface area contributed by atoms with Crippen molar-refractivity contribution >= 4 is 29.9 Å². The summed E-state index contributed by atoms with van der Waals surface area (Å²) in [7, 11) is 0. The molecule has 0 bridgehead atoms. The highest BCUT2D eigenvalue weighted by Crippen LogP contribution is 2.43. The minimum atomic E-state index is -0.737. The summed E-state index contributed by atoms with van der Waals surface area (Å²) in [6, 6.07) is 3.52. The van der Waals surface area contributed by atoms with Gasteiger partial charge in [0.25, 0.3) is 0 Å². The fraction of sp³-hybridized carbons (Fsp3) is 0.619. The molecule has 2 amide bonds. The lowest BCUT2D eigenvalue weighted by molar-refractivity contribution is -0.141. The summed E-state index contributed by atoms with van der Waals surface area (Å²) in [6.45, 7) is 3.62. The van der Waals surface area contributed by atoms with Crippen molar-refractivity contribution in [3.8, 4) is 0 Å². The number of benzene rings is 1. The van der Waals surface area contributed by atoms with Crippen molar-refractivity contribution in [1.29, 1.82) is 0 Å². The summed E-state index contributed by atoms with van der Waals surface area (Å²) in [4.78, 5) is 27.8. The zero-order valence-corrected chi connectivity index (χ0v) is 17.4. The summed E-state index contributed by atoms with van der Waals surface area (Å²) >= 11 is 0. The van der Waals surface area contributed by atoms with E-state index in [4.69, 9.17) is 4.74 Å². The van der Waals surface area contributed by atoms with Crippen LogP contribution in [-0.4, -0.2) is 49.6 Å². The Morgan fingerprint density at radius 3 is 2.66 bits per heavy atom. The van der Waals surface area contributed by atoms with Gasteiger partial charge in [0.2, 0.25) is 11.8 Å². The number of rotatable bonds is 4. The highest BCUT2D eigenvalue weighted by molar-refractivity contribution is 5.98. The Bertz CT molecular complexity index is 762. The molecule has 29 heavy (non-hydrogen) atoms. The normalized spacial score (nSPS) is 20.5. The standard InChI is InChI=1S/C21H28FN3O3.ClH/c22-19-16-5-8-23-14-15(16)3-4-17(19)24-20(27)21(6-1-2-7-21)13-18(26)25-9-11-28-12-10-25;/h3-4,23H,1-2,5-14H2,(H,24,27);1H. The van der Waals surface area contributed by atoms with Crippen LogP contribution in [0.2, 0.25) is 0 Å². The molecule has 2 fully saturated rings. The van der Waals surface area contributed by atoms with Gasteiger partial charge in [0.1, 0.15) is 5.82 Å². The first-order valence-corrected chi connectivity index (χ1v) is 10.3. The molecule has 2 N–H and O–H groups in total. The largest absolute Gasteiger partial charge is 0.378 e. The van der Waals surface area contributed by atoms with Crippen molar-refractivity contribution < 1.29 is 18.7 Å². The summed E-state index contributed by atoms with van der Waals surface area (Å²) in [5.41, 5.74) is 1.12. The molecule has 0 atom stereocenters. The van der Waals surface area contributed by atoms with E-state index in [0.717, 1.165) is 24.9 Å². The van der Waals surface area contributed by atoms with Crippen molar-refractivity contribution in [2.45, 2.75) is 45.1 Å². The van der Waals surface area contributed by atoms with Gasteiger partial charge in [0.05, 0.1) is 24.3 Å². The predicted molar refractivity (Wildman–Crippen MR) is 111 cm³/mol.